The topological polar surface area (TPSA) is 46.2 Å². The summed E-state index contributed by atoms with van der Waals surface area (Å²) in [5.74, 6) is -0.323. The van der Waals surface area contributed by atoms with E-state index < -0.39 is 11.3 Å². The molecule has 1 unspecified atom stereocenters. The first-order chi connectivity index (χ1) is 9.12. The fourth-order valence-corrected chi connectivity index (χ4v) is 2.14. The summed E-state index contributed by atoms with van der Waals surface area (Å²) in [6.07, 6.45) is 0. The Morgan fingerprint density at radius 3 is 1.95 bits per heavy atom. The molecule has 0 spiro atoms. The second-order valence-electron chi connectivity index (χ2n) is 6.33. The predicted molar refractivity (Wildman–Crippen MR) is 82.1 cm³/mol. The molecule has 1 atom stereocenters. The molecule has 0 saturated heterocycles. The van der Waals surface area contributed by atoms with Gasteiger partial charge in [0.1, 0.15) is 6.04 Å². The van der Waals surface area contributed by atoms with Gasteiger partial charge < -0.3 is 5.32 Å². The van der Waals surface area contributed by atoms with Crippen LogP contribution in [0.15, 0.2) is 24.3 Å². The zero-order valence-electron chi connectivity index (χ0n) is 12.7. The van der Waals surface area contributed by atoms with E-state index in [2.05, 4.69) is 26.1 Å². The maximum atomic E-state index is 12.1. The highest BCUT2D eigenvalue weighted by Gasteiger charge is 2.23. The number of hydrogen-bond acceptors (Lipinski definition) is 2. The van der Waals surface area contributed by atoms with Gasteiger partial charge in [-0.2, -0.15) is 0 Å². The van der Waals surface area contributed by atoms with Crippen molar-refractivity contribution >= 4 is 22.8 Å². The highest BCUT2D eigenvalue weighted by molar-refractivity contribution is 6.64. The Morgan fingerprint density at radius 2 is 1.60 bits per heavy atom. The molecular formula is C16H22ClNO2. The molecule has 1 aromatic rings. The summed E-state index contributed by atoms with van der Waals surface area (Å²) in [5, 5.41) is 2.13. The first-order valence-electron chi connectivity index (χ1n) is 6.73. The Labute approximate surface area is 125 Å². The van der Waals surface area contributed by atoms with Crippen molar-refractivity contribution in [2.75, 3.05) is 0 Å². The van der Waals surface area contributed by atoms with Crippen molar-refractivity contribution in [3.63, 3.8) is 0 Å². The van der Waals surface area contributed by atoms with Crippen LogP contribution in [0.4, 0.5) is 0 Å². The summed E-state index contributed by atoms with van der Waals surface area (Å²) in [4.78, 5) is 23.4. The monoisotopic (exact) mass is 295 g/mol. The number of halogens is 1. The van der Waals surface area contributed by atoms with Crippen LogP contribution >= 0.6 is 11.6 Å². The third kappa shape index (κ3) is 4.34. The van der Waals surface area contributed by atoms with Crippen LogP contribution < -0.4 is 5.32 Å². The third-order valence-electron chi connectivity index (χ3n) is 3.21. The van der Waals surface area contributed by atoms with Crippen molar-refractivity contribution in [3.05, 3.63) is 35.4 Å². The van der Waals surface area contributed by atoms with Crippen LogP contribution in [-0.2, 0) is 10.2 Å². The summed E-state index contributed by atoms with van der Waals surface area (Å²) in [6.45, 7) is 10.0. The zero-order valence-corrected chi connectivity index (χ0v) is 13.4. The summed E-state index contributed by atoms with van der Waals surface area (Å²) < 4.78 is 0. The van der Waals surface area contributed by atoms with Crippen molar-refractivity contribution in [1.29, 1.82) is 0 Å². The minimum absolute atomic E-state index is 0.0432. The number of hydrogen-bond donors (Lipinski definition) is 1. The van der Waals surface area contributed by atoms with Crippen LogP contribution in [0.25, 0.3) is 0 Å². The average Bonchev–Trinajstić information content (AvgIpc) is 2.34. The SMILES string of the molecule is CC(C)C(NC(=O)c1ccc(C(C)(C)C)cc1)C(=O)Cl. The normalized spacial score (nSPS) is 13.2. The largest absolute Gasteiger partial charge is 0.341 e. The van der Waals surface area contributed by atoms with E-state index in [1.165, 1.54) is 0 Å². The van der Waals surface area contributed by atoms with E-state index in [0.717, 1.165) is 5.56 Å². The van der Waals surface area contributed by atoms with Crippen LogP contribution in [0.5, 0.6) is 0 Å². The molecule has 1 amide bonds. The molecule has 0 aliphatic rings. The van der Waals surface area contributed by atoms with Crippen LogP contribution in [-0.4, -0.2) is 17.2 Å². The van der Waals surface area contributed by atoms with Gasteiger partial charge in [-0.3, -0.25) is 9.59 Å². The van der Waals surface area contributed by atoms with E-state index in [1.807, 2.05) is 26.0 Å². The first kappa shape index (κ1) is 16.7. The molecular weight excluding hydrogens is 274 g/mol. The van der Waals surface area contributed by atoms with Gasteiger partial charge in [-0.25, -0.2) is 0 Å². The molecule has 0 heterocycles. The fourth-order valence-electron chi connectivity index (χ4n) is 1.83. The molecule has 0 bridgehead atoms. The standard InChI is InChI=1S/C16H22ClNO2/c1-10(2)13(14(17)19)18-15(20)11-6-8-12(9-7-11)16(3,4)5/h6-10,13H,1-5H3,(H,18,20). The van der Waals surface area contributed by atoms with Crippen LogP contribution in [0, 0.1) is 5.92 Å². The lowest BCUT2D eigenvalue weighted by Gasteiger charge is -2.20. The summed E-state index contributed by atoms with van der Waals surface area (Å²) in [6, 6.07) is 6.74. The van der Waals surface area contributed by atoms with Crippen LogP contribution in [0.2, 0.25) is 0 Å². The van der Waals surface area contributed by atoms with Gasteiger partial charge in [0.25, 0.3) is 5.91 Å². The molecule has 110 valence electrons. The van der Waals surface area contributed by atoms with Gasteiger partial charge in [0.15, 0.2) is 0 Å². The number of amides is 1. The van der Waals surface area contributed by atoms with Crippen molar-refractivity contribution in [2.45, 2.75) is 46.1 Å². The van der Waals surface area contributed by atoms with Gasteiger partial charge in [-0.05, 0) is 40.6 Å². The van der Waals surface area contributed by atoms with E-state index in [-0.39, 0.29) is 17.2 Å². The van der Waals surface area contributed by atoms with Crippen LogP contribution in [0.1, 0.15) is 50.5 Å². The number of nitrogens with one attached hydrogen (secondary N) is 1. The van der Waals surface area contributed by atoms with Crippen molar-refractivity contribution in [1.82, 2.24) is 5.32 Å². The average molecular weight is 296 g/mol. The Hall–Kier alpha value is -1.35. The van der Waals surface area contributed by atoms with Gasteiger partial charge in [-0.1, -0.05) is 46.8 Å². The molecule has 0 aliphatic heterocycles. The van der Waals surface area contributed by atoms with E-state index in [1.54, 1.807) is 12.1 Å². The van der Waals surface area contributed by atoms with Crippen molar-refractivity contribution in [2.24, 2.45) is 5.92 Å². The lowest BCUT2D eigenvalue weighted by Crippen LogP contribution is -2.42. The molecule has 0 saturated carbocycles. The number of carbonyl (C=O) groups excluding carboxylic acids is 2. The van der Waals surface area contributed by atoms with Crippen molar-refractivity contribution < 1.29 is 9.59 Å². The maximum absolute atomic E-state index is 12.1. The number of rotatable bonds is 4. The van der Waals surface area contributed by atoms with E-state index in [0.29, 0.717) is 5.56 Å². The maximum Gasteiger partial charge on any atom is 0.251 e. The lowest BCUT2D eigenvalue weighted by molar-refractivity contribution is -0.114. The first-order valence-corrected chi connectivity index (χ1v) is 7.11. The smallest absolute Gasteiger partial charge is 0.251 e. The second kappa shape index (κ2) is 6.40. The molecule has 1 rings (SSSR count). The van der Waals surface area contributed by atoms with Gasteiger partial charge >= 0.3 is 0 Å². The van der Waals surface area contributed by atoms with E-state index >= 15 is 0 Å². The van der Waals surface area contributed by atoms with Gasteiger partial charge in [0.2, 0.25) is 5.24 Å². The molecule has 0 fully saturated rings. The Kier molecular flexibility index (Phi) is 5.35. The predicted octanol–water partition coefficient (Wildman–Crippen LogP) is 3.50. The molecule has 0 aliphatic carbocycles. The number of carbonyl (C=O) groups is 2. The third-order valence-corrected chi connectivity index (χ3v) is 3.45. The van der Waals surface area contributed by atoms with E-state index in [9.17, 15) is 9.59 Å². The van der Waals surface area contributed by atoms with Crippen molar-refractivity contribution in [3.8, 4) is 0 Å². The fraction of sp³-hybridized carbons (Fsp3) is 0.500. The minimum Gasteiger partial charge on any atom is -0.341 e. The Balaban J connectivity index is 2.85. The highest BCUT2D eigenvalue weighted by Crippen LogP contribution is 2.22. The van der Waals surface area contributed by atoms with Gasteiger partial charge in [0, 0.05) is 5.56 Å². The molecule has 4 heteroatoms. The van der Waals surface area contributed by atoms with E-state index in [4.69, 9.17) is 11.6 Å². The van der Waals surface area contributed by atoms with Gasteiger partial charge in [-0.15, -0.1) is 0 Å². The quantitative estimate of drug-likeness (QED) is 0.864. The van der Waals surface area contributed by atoms with Crippen LogP contribution in [0.3, 0.4) is 0 Å². The van der Waals surface area contributed by atoms with Gasteiger partial charge in [0.05, 0.1) is 0 Å². The summed E-state index contributed by atoms with van der Waals surface area (Å²) in [5.41, 5.74) is 1.73. The molecule has 1 N–H and O–H groups in total. The summed E-state index contributed by atoms with van der Waals surface area (Å²) in [7, 11) is 0. The molecule has 0 radical (unpaired) electrons. The Bertz CT molecular complexity index is 486. The lowest BCUT2D eigenvalue weighted by atomic mass is 9.86. The summed E-state index contributed by atoms with van der Waals surface area (Å²) >= 11 is 5.50. The molecule has 3 nitrogen and oxygen atoms in total. The molecule has 0 aromatic heterocycles. The Morgan fingerprint density at radius 1 is 1.10 bits per heavy atom. The minimum atomic E-state index is -0.661. The second-order valence-corrected chi connectivity index (χ2v) is 6.70. The highest BCUT2D eigenvalue weighted by atomic mass is 35.5. The zero-order chi connectivity index (χ0) is 15.5. The number of benzene rings is 1. The molecule has 20 heavy (non-hydrogen) atoms. The molecule has 1 aromatic carbocycles.